The van der Waals surface area contributed by atoms with Crippen molar-refractivity contribution in [3.05, 3.63) is 60.2 Å². The number of benzene rings is 2. The van der Waals surface area contributed by atoms with Crippen molar-refractivity contribution in [3.8, 4) is 22.6 Å². The molecule has 2 aromatic carbocycles. The van der Waals surface area contributed by atoms with E-state index >= 15 is 0 Å². The van der Waals surface area contributed by atoms with Gasteiger partial charge in [-0.15, -0.1) is 0 Å². The molecule has 28 heavy (non-hydrogen) atoms. The summed E-state index contributed by atoms with van der Waals surface area (Å²) in [6.45, 7) is 5.23. The van der Waals surface area contributed by atoms with Crippen LogP contribution in [-0.4, -0.2) is 25.9 Å². The second-order valence-electron chi connectivity index (χ2n) is 6.83. The van der Waals surface area contributed by atoms with Gasteiger partial charge in [0.05, 0.1) is 19.3 Å². The molecule has 1 aliphatic heterocycles. The van der Waals surface area contributed by atoms with E-state index in [-0.39, 0.29) is 24.0 Å². The fourth-order valence-electron chi connectivity index (χ4n) is 3.32. The molecule has 1 fully saturated rings. The average Bonchev–Trinajstić information content (AvgIpc) is 2.72. The maximum absolute atomic E-state index is 14.3. The summed E-state index contributed by atoms with van der Waals surface area (Å²) in [6, 6.07) is 9.93. The summed E-state index contributed by atoms with van der Waals surface area (Å²) in [7, 11) is 0. The van der Waals surface area contributed by atoms with E-state index < -0.39 is 11.6 Å². The van der Waals surface area contributed by atoms with Gasteiger partial charge in [-0.2, -0.15) is 4.39 Å². The van der Waals surface area contributed by atoms with Gasteiger partial charge in [-0.1, -0.05) is 24.3 Å². The van der Waals surface area contributed by atoms with Crippen LogP contribution in [0.15, 0.2) is 48.6 Å². The molecule has 0 aromatic heterocycles. The van der Waals surface area contributed by atoms with E-state index in [0.29, 0.717) is 23.8 Å². The van der Waals surface area contributed by atoms with E-state index in [1.807, 2.05) is 6.92 Å². The summed E-state index contributed by atoms with van der Waals surface area (Å²) in [5.74, 6) is -0.788. The summed E-state index contributed by atoms with van der Waals surface area (Å²) in [6.07, 6.45) is 6.38. The largest absolute Gasteiger partial charge is 0.491 e. The van der Waals surface area contributed by atoms with Crippen molar-refractivity contribution in [3.63, 3.8) is 0 Å². The minimum Gasteiger partial charge on any atom is -0.491 e. The lowest BCUT2D eigenvalue weighted by Gasteiger charge is -2.27. The van der Waals surface area contributed by atoms with Crippen LogP contribution in [0.3, 0.4) is 0 Å². The van der Waals surface area contributed by atoms with Crippen LogP contribution in [0.2, 0.25) is 0 Å². The molecule has 0 bridgehead atoms. The molecular weight excluding hydrogens is 362 g/mol. The fraction of sp³-hybridized carbons (Fsp3) is 0.391. The molecule has 0 amide bonds. The van der Waals surface area contributed by atoms with E-state index in [4.69, 9.17) is 14.2 Å². The molecule has 1 saturated heterocycles. The zero-order valence-electron chi connectivity index (χ0n) is 16.3. The number of hydrogen-bond donors (Lipinski definition) is 0. The van der Waals surface area contributed by atoms with Crippen LogP contribution in [0.25, 0.3) is 11.1 Å². The van der Waals surface area contributed by atoms with Crippen molar-refractivity contribution >= 4 is 0 Å². The molecule has 0 saturated carbocycles. The molecule has 0 spiro atoms. The van der Waals surface area contributed by atoms with Gasteiger partial charge in [0.15, 0.2) is 11.6 Å². The zero-order valence-corrected chi connectivity index (χ0v) is 16.3. The van der Waals surface area contributed by atoms with Gasteiger partial charge in [0, 0.05) is 11.5 Å². The molecule has 150 valence electrons. The SMILES string of the molecule is C/C=C/C1CCC(COc2ccc(-c3ccc(OCC)c(F)c3F)cc2)OC1. The molecule has 2 aromatic rings. The lowest BCUT2D eigenvalue weighted by molar-refractivity contribution is -0.0275. The van der Waals surface area contributed by atoms with Crippen molar-refractivity contribution in [1.82, 2.24) is 0 Å². The molecule has 3 rings (SSSR count). The maximum Gasteiger partial charge on any atom is 0.201 e. The summed E-state index contributed by atoms with van der Waals surface area (Å²) >= 11 is 0. The minimum atomic E-state index is -0.967. The lowest BCUT2D eigenvalue weighted by Crippen LogP contribution is -2.29. The minimum absolute atomic E-state index is 0.0761. The van der Waals surface area contributed by atoms with Crippen LogP contribution in [0.5, 0.6) is 11.5 Å². The van der Waals surface area contributed by atoms with Gasteiger partial charge < -0.3 is 14.2 Å². The van der Waals surface area contributed by atoms with Crippen molar-refractivity contribution in [1.29, 1.82) is 0 Å². The number of hydrogen-bond acceptors (Lipinski definition) is 3. The smallest absolute Gasteiger partial charge is 0.201 e. The molecule has 2 atom stereocenters. The van der Waals surface area contributed by atoms with Gasteiger partial charge in [-0.05, 0) is 56.5 Å². The summed E-state index contributed by atoms with van der Waals surface area (Å²) < 4.78 is 45.1. The van der Waals surface area contributed by atoms with Crippen LogP contribution in [0.4, 0.5) is 8.78 Å². The highest BCUT2D eigenvalue weighted by Gasteiger charge is 2.20. The molecule has 2 unspecified atom stereocenters. The van der Waals surface area contributed by atoms with Crippen molar-refractivity contribution in [2.75, 3.05) is 19.8 Å². The van der Waals surface area contributed by atoms with E-state index in [0.717, 1.165) is 19.4 Å². The Bertz CT molecular complexity index is 794. The lowest BCUT2D eigenvalue weighted by atomic mass is 9.98. The monoisotopic (exact) mass is 388 g/mol. The third-order valence-corrected chi connectivity index (χ3v) is 4.82. The Morgan fingerprint density at radius 1 is 1.04 bits per heavy atom. The Hall–Kier alpha value is -2.40. The molecule has 0 N–H and O–H groups in total. The van der Waals surface area contributed by atoms with Crippen molar-refractivity contribution in [2.24, 2.45) is 5.92 Å². The first-order valence-corrected chi connectivity index (χ1v) is 9.70. The Balaban J connectivity index is 1.59. The molecule has 5 heteroatoms. The molecule has 1 heterocycles. The van der Waals surface area contributed by atoms with Gasteiger partial charge in [-0.25, -0.2) is 4.39 Å². The maximum atomic E-state index is 14.3. The third kappa shape index (κ3) is 4.90. The first-order valence-electron chi connectivity index (χ1n) is 9.70. The highest BCUT2D eigenvalue weighted by atomic mass is 19.2. The normalized spacial score (nSPS) is 19.7. The fourth-order valence-corrected chi connectivity index (χ4v) is 3.32. The van der Waals surface area contributed by atoms with Crippen LogP contribution in [0, 0.1) is 17.6 Å². The van der Waals surface area contributed by atoms with Crippen molar-refractivity contribution in [2.45, 2.75) is 32.8 Å². The van der Waals surface area contributed by atoms with E-state index in [1.165, 1.54) is 12.1 Å². The molecular formula is C23H26F2O3. The quantitative estimate of drug-likeness (QED) is 0.563. The molecule has 0 aliphatic carbocycles. The number of rotatable bonds is 7. The van der Waals surface area contributed by atoms with Gasteiger partial charge in [-0.3, -0.25) is 0 Å². The number of halogens is 2. The Morgan fingerprint density at radius 2 is 1.82 bits per heavy atom. The standard InChI is InChI=1S/C23H26F2O3/c1-3-5-16-6-9-19(27-14-16)15-28-18-10-7-17(8-11-18)20-12-13-21(26-4-2)23(25)22(20)24/h3,5,7-8,10-13,16,19H,4,6,9,14-15H2,1-2H3/b5-3+. The average molecular weight is 388 g/mol. The van der Waals surface area contributed by atoms with E-state index in [2.05, 4.69) is 12.2 Å². The predicted octanol–water partition coefficient (Wildman–Crippen LogP) is 5.78. The van der Waals surface area contributed by atoms with E-state index in [1.54, 1.807) is 31.2 Å². The Morgan fingerprint density at radius 3 is 2.46 bits per heavy atom. The second-order valence-corrected chi connectivity index (χ2v) is 6.83. The number of ether oxygens (including phenoxy) is 3. The van der Waals surface area contributed by atoms with E-state index in [9.17, 15) is 8.78 Å². The zero-order chi connectivity index (χ0) is 19.9. The van der Waals surface area contributed by atoms with Crippen molar-refractivity contribution < 1.29 is 23.0 Å². The highest BCUT2D eigenvalue weighted by Crippen LogP contribution is 2.31. The van der Waals surface area contributed by atoms with Crippen LogP contribution < -0.4 is 9.47 Å². The van der Waals surface area contributed by atoms with Crippen LogP contribution >= 0.6 is 0 Å². The van der Waals surface area contributed by atoms with Gasteiger partial charge >= 0.3 is 0 Å². The van der Waals surface area contributed by atoms with Gasteiger partial charge in [0.2, 0.25) is 5.82 Å². The van der Waals surface area contributed by atoms with Crippen LogP contribution in [-0.2, 0) is 4.74 Å². The summed E-state index contributed by atoms with van der Waals surface area (Å²) in [5, 5.41) is 0. The Labute approximate surface area is 164 Å². The Kier molecular flexibility index (Phi) is 7.04. The first kappa shape index (κ1) is 20.3. The van der Waals surface area contributed by atoms with Gasteiger partial charge in [0.1, 0.15) is 12.4 Å². The molecule has 0 radical (unpaired) electrons. The molecule has 3 nitrogen and oxygen atoms in total. The van der Waals surface area contributed by atoms with Crippen LogP contribution in [0.1, 0.15) is 26.7 Å². The van der Waals surface area contributed by atoms with Gasteiger partial charge in [0.25, 0.3) is 0 Å². The summed E-state index contributed by atoms with van der Waals surface area (Å²) in [4.78, 5) is 0. The first-order chi connectivity index (χ1) is 13.6. The number of allylic oxidation sites excluding steroid dienone is 1. The second kappa shape index (κ2) is 9.69. The predicted molar refractivity (Wildman–Crippen MR) is 106 cm³/mol. The highest BCUT2D eigenvalue weighted by molar-refractivity contribution is 5.66. The molecule has 1 aliphatic rings. The summed E-state index contributed by atoms with van der Waals surface area (Å²) in [5.41, 5.74) is 0.771. The third-order valence-electron chi connectivity index (χ3n) is 4.82. The topological polar surface area (TPSA) is 27.7 Å².